The van der Waals surface area contributed by atoms with Crippen molar-refractivity contribution in [3.05, 3.63) is 17.0 Å². The molecule has 1 N–H and O–H groups in total. The Morgan fingerprint density at radius 1 is 1.24 bits per heavy atom. The summed E-state index contributed by atoms with van der Waals surface area (Å²) in [6.07, 6.45) is 2.79. The van der Waals surface area contributed by atoms with Crippen LogP contribution < -0.4 is 5.32 Å². The van der Waals surface area contributed by atoms with E-state index in [0.717, 1.165) is 67.8 Å². The van der Waals surface area contributed by atoms with Crippen LogP contribution in [0.5, 0.6) is 0 Å². The lowest BCUT2D eigenvalue weighted by Crippen LogP contribution is -2.34. The highest BCUT2D eigenvalue weighted by Gasteiger charge is 2.31. The quantitative estimate of drug-likeness (QED) is 0.885. The summed E-state index contributed by atoms with van der Waals surface area (Å²) in [5.41, 5.74) is 3.20. The maximum atomic E-state index is 12.6. The highest BCUT2D eigenvalue weighted by molar-refractivity contribution is 5.79. The highest BCUT2D eigenvalue weighted by Crippen LogP contribution is 2.27. The molecule has 2 aliphatic rings. The summed E-state index contributed by atoms with van der Waals surface area (Å²) in [4.78, 5) is 14.7. The number of amides is 1. The van der Waals surface area contributed by atoms with E-state index < -0.39 is 0 Å². The monoisotopic (exact) mass is 290 g/mol. The molecule has 21 heavy (non-hydrogen) atoms. The van der Waals surface area contributed by atoms with Crippen LogP contribution in [0.2, 0.25) is 0 Å². The number of nitrogens with one attached hydrogen (secondary N) is 1. The zero-order valence-corrected chi connectivity index (χ0v) is 13.4. The first-order chi connectivity index (χ1) is 10.1. The molecule has 0 radical (unpaired) electrons. The third kappa shape index (κ3) is 2.84. The summed E-state index contributed by atoms with van der Waals surface area (Å²) < 4.78 is 1.87. The minimum Gasteiger partial charge on any atom is -0.342 e. The van der Waals surface area contributed by atoms with Crippen LogP contribution in [0.4, 0.5) is 0 Å². The normalized spacial score (nSPS) is 25.8. The van der Waals surface area contributed by atoms with Gasteiger partial charge < -0.3 is 10.2 Å². The second-order valence-electron chi connectivity index (χ2n) is 6.59. The summed E-state index contributed by atoms with van der Waals surface area (Å²) in [6.45, 7) is 8.14. The predicted molar refractivity (Wildman–Crippen MR) is 82.0 cm³/mol. The molecule has 0 aromatic carbocycles. The van der Waals surface area contributed by atoms with Crippen LogP contribution in [0.25, 0.3) is 0 Å². The number of aromatic nitrogens is 2. The average Bonchev–Trinajstić information content (AvgIpc) is 2.92. The topological polar surface area (TPSA) is 50.2 Å². The van der Waals surface area contributed by atoms with Gasteiger partial charge in [-0.15, -0.1) is 0 Å². The van der Waals surface area contributed by atoms with Gasteiger partial charge in [0.2, 0.25) is 5.91 Å². The van der Waals surface area contributed by atoms with Gasteiger partial charge in [-0.1, -0.05) is 0 Å². The Hall–Kier alpha value is -1.36. The van der Waals surface area contributed by atoms with Gasteiger partial charge >= 0.3 is 0 Å². The van der Waals surface area contributed by atoms with Crippen molar-refractivity contribution in [1.29, 1.82) is 0 Å². The number of carbonyl (C=O) groups excluding carboxylic acids is 1. The first kappa shape index (κ1) is 14.6. The number of likely N-dealkylation sites (tertiary alicyclic amines) is 1. The van der Waals surface area contributed by atoms with Gasteiger partial charge in [-0.3, -0.25) is 9.48 Å². The fourth-order valence-corrected chi connectivity index (χ4v) is 3.80. The van der Waals surface area contributed by atoms with E-state index in [-0.39, 0.29) is 5.91 Å². The first-order valence-corrected chi connectivity index (χ1v) is 8.04. The van der Waals surface area contributed by atoms with Gasteiger partial charge in [-0.25, -0.2) is 0 Å². The zero-order chi connectivity index (χ0) is 15.0. The molecule has 1 amide bonds. The van der Waals surface area contributed by atoms with Crippen LogP contribution in [0, 0.1) is 25.7 Å². The SMILES string of the molecule is Cc1nn(C)c(C)c1CC(=O)N1CC[C@@H]2CNC[C@@H]2CC1. The number of fused-ring (bicyclic) bond motifs is 1. The number of hydrogen-bond donors (Lipinski definition) is 1. The standard InChI is InChI=1S/C16H26N4O/c1-11-15(12(2)19(3)18-11)8-16(21)20-6-4-13-9-17-10-14(13)5-7-20/h13-14,17H,4-10H2,1-3H3/t13-,14+. The second kappa shape index (κ2) is 5.79. The van der Waals surface area contributed by atoms with Crippen molar-refractivity contribution in [1.82, 2.24) is 20.0 Å². The average molecular weight is 290 g/mol. The molecule has 5 nitrogen and oxygen atoms in total. The number of aryl methyl sites for hydroxylation is 2. The fourth-order valence-electron chi connectivity index (χ4n) is 3.80. The summed E-state index contributed by atoms with van der Waals surface area (Å²) >= 11 is 0. The van der Waals surface area contributed by atoms with Crippen LogP contribution in [0.15, 0.2) is 0 Å². The van der Waals surface area contributed by atoms with Gasteiger partial charge in [0.25, 0.3) is 0 Å². The molecule has 3 heterocycles. The number of hydrogen-bond acceptors (Lipinski definition) is 3. The Morgan fingerprint density at radius 3 is 2.38 bits per heavy atom. The Morgan fingerprint density at radius 2 is 1.86 bits per heavy atom. The Balaban J connectivity index is 1.65. The third-order valence-electron chi connectivity index (χ3n) is 5.36. The largest absolute Gasteiger partial charge is 0.342 e. The van der Waals surface area contributed by atoms with E-state index in [4.69, 9.17) is 0 Å². The van der Waals surface area contributed by atoms with Crippen molar-refractivity contribution in [2.24, 2.45) is 18.9 Å². The van der Waals surface area contributed by atoms with Gasteiger partial charge in [0, 0.05) is 31.4 Å². The van der Waals surface area contributed by atoms with Crippen molar-refractivity contribution < 1.29 is 4.79 Å². The molecular weight excluding hydrogens is 264 g/mol. The van der Waals surface area contributed by atoms with Crippen LogP contribution in [-0.4, -0.2) is 46.8 Å². The first-order valence-electron chi connectivity index (χ1n) is 8.04. The smallest absolute Gasteiger partial charge is 0.227 e. The molecule has 0 unspecified atom stereocenters. The van der Waals surface area contributed by atoms with Crippen LogP contribution in [0.1, 0.15) is 29.8 Å². The predicted octanol–water partition coefficient (Wildman–Crippen LogP) is 1.04. The van der Waals surface area contributed by atoms with Crippen molar-refractivity contribution in [3.8, 4) is 0 Å². The Bertz CT molecular complexity index is 523. The molecule has 1 aromatic rings. The van der Waals surface area contributed by atoms with Gasteiger partial charge in [0.1, 0.15) is 0 Å². The van der Waals surface area contributed by atoms with Gasteiger partial charge in [-0.2, -0.15) is 5.10 Å². The lowest BCUT2D eigenvalue weighted by Gasteiger charge is -2.21. The fraction of sp³-hybridized carbons (Fsp3) is 0.750. The van der Waals surface area contributed by atoms with Gasteiger partial charge in [0.05, 0.1) is 12.1 Å². The summed E-state index contributed by atoms with van der Waals surface area (Å²) in [5.74, 6) is 1.80. The lowest BCUT2D eigenvalue weighted by atomic mass is 9.92. The summed E-state index contributed by atoms with van der Waals surface area (Å²) in [6, 6.07) is 0. The van der Waals surface area contributed by atoms with Gasteiger partial charge in [-0.05, 0) is 51.6 Å². The van der Waals surface area contributed by atoms with Crippen LogP contribution in [-0.2, 0) is 18.3 Å². The molecule has 116 valence electrons. The second-order valence-corrected chi connectivity index (χ2v) is 6.59. The van der Waals surface area contributed by atoms with E-state index in [1.54, 1.807) is 0 Å². The van der Waals surface area contributed by atoms with E-state index in [1.807, 2.05) is 25.6 Å². The van der Waals surface area contributed by atoms with Crippen molar-refractivity contribution in [2.75, 3.05) is 26.2 Å². The molecule has 0 spiro atoms. The van der Waals surface area contributed by atoms with E-state index in [2.05, 4.69) is 15.3 Å². The van der Waals surface area contributed by atoms with Crippen molar-refractivity contribution >= 4 is 5.91 Å². The summed E-state index contributed by atoms with van der Waals surface area (Å²) in [5, 5.41) is 7.89. The molecule has 3 rings (SSSR count). The zero-order valence-electron chi connectivity index (χ0n) is 13.4. The van der Waals surface area contributed by atoms with Gasteiger partial charge in [0.15, 0.2) is 0 Å². The molecule has 5 heteroatoms. The number of nitrogens with zero attached hydrogens (tertiary/aromatic N) is 3. The van der Waals surface area contributed by atoms with E-state index >= 15 is 0 Å². The highest BCUT2D eigenvalue weighted by atomic mass is 16.2. The van der Waals surface area contributed by atoms with Crippen molar-refractivity contribution in [2.45, 2.75) is 33.1 Å². The molecule has 2 saturated heterocycles. The third-order valence-corrected chi connectivity index (χ3v) is 5.36. The molecule has 2 atom stereocenters. The minimum atomic E-state index is 0.266. The number of rotatable bonds is 2. The maximum Gasteiger partial charge on any atom is 0.227 e. The summed E-state index contributed by atoms with van der Waals surface area (Å²) in [7, 11) is 1.94. The van der Waals surface area contributed by atoms with Crippen LogP contribution >= 0.6 is 0 Å². The van der Waals surface area contributed by atoms with Crippen LogP contribution in [0.3, 0.4) is 0 Å². The molecule has 0 aliphatic carbocycles. The molecule has 2 fully saturated rings. The molecule has 2 aliphatic heterocycles. The Kier molecular flexibility index (Phi) is 4.02. The van der Waals surface area contributed by atoms with E-state index in [9.17, 15) is 4.79 Å². The molecule has 0 saturated carbocycles. The molecule has 1 aromatic heterocycles. The molecule has 0 bridgehead atoms. The maximum absolute atomic E-state index is 12.6. The Labute approximate surface area is 126 Å². The molecular formula is C16H26N4O. The number of carbonyl (C=O) groups is 1. The minimum absolute atomic E-state index is 0.266. The van der Waals surface area contributed by atoms with Crippen molar-refractivity contribution in [3.63, 3.8) is 0 Å². The lowest BCUT2D eigenvalue weighted by molar-refractivity contribution is -0.130. The van der Waals surface area contributed by atoms with E-state index in [1.165, 1.54) is 0 Å². The van der Waals surface area contributed by atoms with E-state index in [0.29, 0.717) is 6.42 Å².